The van der Waals surface area contributed by atoms with Gasteiger partial charge in [-0.05, 0) is 37.1 Å². The van der Waals surface area contributed by atoms with E-state index >= 15 is 0 Å². The second-order valence-electron chi connectivity index (χ2n) is 6.77. The number of nitrogens with zero attached hydrogens (tertiary/aromatic N) is 2. The number of carbonyl (C=O) groups excluding carboxylic acids is 1. The molecular weight excluding hydrogens is 373 g/mol. The van der Waals surface area contributed by atoms with Crippen LogP contribution < -0.4 is 5.32 Å². The second kappa shape index (κ2) is 7.56. The number of amides is 1. The molecule has 0 aliphatic heterocycles. The Morgan fingerprint density at radius 3 is 2.68 bits per heavy atom. The van der Waals surface area contributed by atoms with Crippen LogP contribution in [0.1, 0.15) is 20.8 Å². The summed E-state index contributed by atoms with van der Waals surface area (Å²) in [4.78, 5) is 14.0. The summed E-state index contributed by atoms with van der Waals surface area (Å²) in [6, 6.07) is 16.7. The first kappa shape index (κ1) is 18.4. The molecule has 4 aromatic rings. The van der Waals surface area contributed by atoms with Gasteiger partial charge in [0.1, 0.15) is 16.3 Å². The SMILES string of the molecule is Cc1ccc(CCNC(=O)c2cc3c(-c4ccccc4F)nn(C)c3s2)cc1. The molecule has 0 atom stereocenters. The largest absolute Gasteiger partial charge is 0.351 e. The molecule has 6 heteroatoms. The van der Waals surface area contributed by atoms with Crippen LogP contribution in [0.4, 0.5) is 4.39 Å². The zero-order chi connectivity index (χ0) is 19.7. The lowest BCUT2D eigenvalue weighted by atomic mass is 10.1. The maximum atomic E-state index is 14.2. The topological polar surface area (TPSA) is 46.9 Å². The van der Waals surface area contributed by atoms with Crippen molar-refractivity contribution in [2.75, 3.05) is 6.54 Å². The maximum Gasteiger partial charge on any atom is 0.261 e. The first-order valence-electron chi connectivity index (χ1n) is 9.08. The van der Waals surface area contributed by atoms with Gasteiger partial charge in [-0.1, -0.05) is 42.0 Å². The van der Waals surface area contributed by atoms with Gasteiger partial charge in [0.2, 0.25) is 0 Å². The standard InChI is InChI=1S/C22H20FN3OS/c1-14-7-9-15(10-8-14)11-12-24-21(27)19-13-17-20(25-26(2)22(17)28-19)16-5-3-4-6-18(16)23/h3-10,13H,11-12H2,1-2H3,(H,24,27). The minimum Gasteiger partial charge on any atom is -0.351 e. The van der Waals surface area contributed by atoms with Crippen LogP contribution >= 0.6 is 11.3 Å². The molecule has 2 aromatic carbocycles. The van der Waals surface area contributed by atoms with Crippen molar-refractivity contribution >= 4 is 27.5 Å². The number of fused-ring (bicyclic) bond motifs is 1. The molecule has 2 heterocycles. The van der Waals surface area contributed by atoms with Gasteiger partial charge in [0.15, 0.2) is 0 Å². The van der Waals surface area contributed by atoms with Crippen LogP contribution in [0, 0.1) is 12.7 Å². The van der Waals surface area contributed by atoms with Crippen molar-refractivity contribution in [3.05, 3.63) is 76.4 Å². The molecule has 4 nitrogen and oxygen atoms in total. The van der Waals surface area contributed by atoms with Crippen LogP contribution in [0.2, 0.25) is 0 Å². The lowest BCUT2D eigenvalue weighted by Crippen LogP contribution is -2.24. The average Bonchev–Trinajstić information content (AvgIpc) is 3.25. The molecule has 2 aromatic heterocycles. The van der Waals surface area contributed by atoms with Gasteiger partial charge in [-0.15, -0.1) is 11.3 Å². The highest BCUT2D eigenvalue weighted by molar-refractivity contribution is 7.20. The summed E-state index contributed by atoms with van der Waals surface area (Å²) >= 11 is 1.37. The molecule has 0 spiro atoms. The van der Waals surface area contributed by atoms with Crippen LogP contribution in [0.3, 0.4) is 0 Å². The van der Waals surface area contributed by atoms with Gasteiger partial charge >= 0.3 is 0 Å². The minimum atomic E-state index is -0.321. The first-order chi connectivity index (χ1) is 13.5. The quantitative estimate of drug-likeness (QED) is 0.533. The summed E-state index contributed by atoms with van der Waals surface area (Å²) in [5.74, 6) is -0.439. The minimum absolute atomic E-state index is 0.118. The number of carbonyl (C=O) groups is 1. The molecule has 0 saturated carbocycles. The maximum absolute atomic E-state index is 14.2. The third kappa shape index (κ3) is 3.55. The number of hydrogen-bond donors (Lipinski definition) is 1. The van der Waals surface area contributed by atoms with E-state index in [0.717, 1.165) is 16.6 Å². The summed E-state index contributed by atoms with van der Waals surface area (Å²) in [6.45, 7) is 2.62. The van der Waals surface area contributed by atoms with E-state index in [1.807, 2.05) is 7.05 Å². The molecule has 0 unspecified atom stereocenters. The van der Waals surface area contributed by atoms with E-state index in [0.29, 0.717) is 22.7 Å². The Morgan fingerprint density at radius 1 is 1.18 bits per heavy atom. The summed E-state index contributed by atoms with van der Waals surface area (Å²) in [5, 5.41) is 8.21. The summed E-state index contributed by atoms with van der Waals surface area (Å²) in [6.07, 6.45) is 0.777. The lowest BCUT2D eigenvalue weighted by molar-refractivity contribution is 0.0958. The predicted octanol–water partition coefficient (Wildman–Crippen LogP) is 4.72. The number of aromatic nitrogens is 2. The summed E-state index contributed by atoms with van der Waals surface area (Å²) in [5.41, 5.74) is 3.41. The van der Waals surface area contributed by atoms with Gasteiger partial charge in [0, 0.05) is 24.5 Å². The molecule has 0 saturated heterocycles. The van der Waals surface area contributed by atoms with Gasteiger partial charge in [-0.3, -0.25) is 9.48 Å². The van der Waals surface area contributed by atoms with E-state index in [4.69, 9.17) is 0 Å². The monoisotopic (exact) mass is 393 g/mol. The number of hydrogen-bond acceptors (Lipinski definition) is 3. The third-order valence-corrected chi connectivity index (χ3v) is 5.88. The Morgan fingerprint density at radius 2 is 1.93 bits per heavy atom. The second-order valence-corrected chi connectivity index (χ2v) is 7.80. The molecule has 142 valence electrons. The van der Waals surface area contributed by atoms with Crippen LogP contribution in [0.25, 0.3) is 21.5 Å². The van der Waals surface area contributed by atoms with Gasteiger partial charge in [0.05, 0.1) is 4.88 Å². The van der Waals surface area contributed by atoms with Crippen LogP contribution in [-0.4, -0.2) is 22.2 Å². The van der Waals surface area contributed by atoms with E-state index < -0.39 is 0 Å². The average molecular weight is 393 g/mol. The van der Waals surface area contributed by atoms with E-state index in [1.54, 1.807) is 28.9 Å². The fourth-order valence-electron chi connectivity index (χ4n) is 3.17. The number of halogens is 1. The van der Waals surface area contributed by atoms with Crippen molar-refractivity contribution in [2.24, 2.45) is 7.05 Å². The highest BCUT2D eigenvalue weighted by Gasteiger charge is 2.19. The van der Waals surface area contributed by atoms with E-state index in [-0.39, 0.29) is 11.7 Å². The smallest absolute Gasteiger partial charge is 0.261 e. The molecule has 0 aliphatic carbocycles. The zero-order valence-corrected chi connectivity index (χ0v) is 16.5. The molecule has 1 amide bonds. The van der Waals surface area contributed by atoms with Crippen molar-refractivity contribution < 1.29 is 9.18 Å². The van der Waals surface area contributed by atoms with E-state index in [9.17, 15) is 9.18 Å². The lowest BCUT2D eigenvalue weighted by Gasteiger charge is -2.04. The number of aryl methyl sites for hydroxylation is 2. The van der Waals surface area contributed by atoms with Crippen molar-refractivity contribution in [2.45, 2.75) is 13.3 Å². The fraction of sp³-hybridized carbons (Fsp3) is 0.182. The van der Waals surface area contributed by atoms with Crippen molar-refractivity contribution in [3.8, 4) is 11.3 Å². The Balaban J connectivity index is 1.53. The molecule has 1 N–H and O–H groups in total. The number of nitrogens with one attached hydrogen (secondary N) is 1. The van der Waals surface area contributed by atoms with E-state index in [1.165, 1.54) is 28.5 Å². The van der Waals surface area contributed by atoms with Gasteiger partial charge in [0.25, 0.3) is 5.91 Å². The zero-order valence-electron chi connectivity index (χ0n) is 15.7. The Labute approximate surface area is 166 Å². The normalized spacial score (nSPS) is 11.1. The number of thiophene rings is 1. The van der Waals surface area contributed by atoms with Crippen molar-refractivity contribution in [1.82, 2.24) is 15.1 Å². The highest BCUT2D eigenvalue weighted by Crippen LogP contribution is 2.34. The van der Waals surface area contributed by atoms with Crippen LogP contribution in [0.5, 0.6) is 0 Å². The van der Waals surface area contributed by atoms with Crippen LogP contribution in [-0.2, 0) is 13.5 Å². The number of benzene rings is 2. The fourth-order valence-corrected chi connectivity index (χ4v) is 4.16. The summed E-state index contributed by atoms with van der Waals surface area (Å²) < 4.78 is 15.9. The van der Waals surface area contributed by atoms with Gasteiger partial charge < -0.3 is 5.32 Å². The molecular formula is C22H20FN3OS. The molecule has 0 fully saturated rings. The molecule has 0 bridgehead atoms. The molecule has 4 rings (SSSR count). The van der Waals surface area contributed by atoms with Gasteiger partial charge in [-0.2, -0.15) is 5.10 Å². The van der Waals surface area contributed by atoms with Gasteiger partial charge in [-0.25, -0.2) is 4.39 Å². The van der Waals surface area contributed by atoms with E-state index in [2.05, 4.69) is 41.6 Å². The molecule has 28 heavy (non-hydrogen) atoms. The Kier molecular flexibility index (Phi) is 4.96. The van der Waals surface area contributed by atoms with Crippen molar-refractivity contribution in [3.63, 3.8) is 0 Å². The first-order valence-corrected chi connectivity index (χ1v) is 9.90. The molecule has 0 aliphatic rings. The summed E-state index contributed by atoms with van der Waals surface area (Å²) in [7, 11) is 1.81. The third-order valence-electron chi connectivity index (χ3n) is 4.68. The Hall–Kier alpha value is -2.99. The highest BCUT2D eigenvalue weighted by atomic mass is 32.1. The predicted molar refractivity (Wildman–Crippen MR) is 111 cm³/mol. The van der Waals surface area contributed by atoms with Crippen molar-refractivity contribution in [1.29, 1.82) is 0 Å². The molecule has 0 radical (unpaired) electrons. The number of rotatable bonds is 5. The Bertz CT molecular complexity index is 1140. The van der Waals surface area contributed by atoms with Crippen LogP contribution in [0.15, 0.2) is 54.6 Å².